The van der Waals surface area contributed by atoms with Crippen molar-refractivity contribution in [1.29, 1.82) is 0 Å². The number of benzene rings is 2. The van der Waals surface area contributed by atoms with E-state index in [-0.39, 0.29) is 53.6 Å². The highest BCUT2D eigenvalue weighted by atomic mass is 16.6. The first kappa shape index (κ1) is 42.1. The normalized spacial score (nSPS) is 25.3. The van der Waals surface area contributed by atoms with Gasteiger partial charge in [0.15, 0.2) is 29.0 Å². The molecule has 7 rings (SSSR count). The highest BCUT2D eigenvalue weighted by Crippen LogP contribution is 2.44. The molecule has 318 valence electrons. The van der Waals surface area contributed by atoms with Crippen molar-refractivity contribution >= 4 is 11.9 Å². The Bertz CT molecular complexity index is 2130. The molecule has 0 spiro atoms. The summed E-state index contributed by atoms with van der Waals surface area (Å²) < 4.78 is 25.2. The molecular weight excluding hydrogens is 765 g/mol. The molecule has 14 nitrogen and oxygen atoms in total. The molecule has 60 heavy (non-hydrogen) atoms. The van der Waals surface area contributed by atoms with Gasteiger partial charge in [-0.3, -0.25) is 14.8 Å². The SMILES string of the molecule is CC(=O)O[C@H]1C[C@@H](c2cc(O)c(O)c(OCCc3cccnc3)c2)O[C@@H]([C@H]2CC#C[C@H]3[C@@H](NC(N)=NCCCC4=CCNC(N)=C4)CCC[C@H]3Oc3cc(ccc3O)C2)C1. The number of pyridine rings is 1. The highest BCUT2D eigenvalue weighted by molar-refractivity contribution is 5.78. The molecular formula is C46H56N6O8. The van der Waals surface area contributed by atoms with Crippen molar-refractivity contribution in [3.05, 3.63) is 95.1 Å². The van der Waals surface area contributed by atoms with Crippen molar-refractivity contribution in [1.82, 2.24) is 15.6 Å². The van der Waals surface area contributed by atoms with Gasteiger partial charge in [0, 0.05) is 70.0 Å². The van der Waals surface area contributed by atoms with Crippen molar-refractivity contribution in [2.75, 3.05) is 19.7 Å². The van der Waals surface area contributed by atoms with E-state index >= 15 is 0 Å². The Morgan fingerprint density at radius 1 is 1.10 bits per heavy atom. The number of hydrogen-bond acceptors (Lipinski definition) is 12. The highest BCUT2D eigenvalue weighted by Gasteiger charge is 2.39. The van der Waals surface area contributed by atoms with Gasteiger partial charge in [-0.1, -0.05) is 24.1 Å². The number of nitrogens with one attached hydrogen (secondary N) is 2. The minimum Gasteiger partial charge on any atom is -0.504 e. The maximum atomic E-state index is 12.3. The molecule has 2 aromatic carbocycles. The number of allylic oxidation sites excluding steroid dienone is 2. The van der Waals surface area contributed by atoms with Crippen LogP contribution in [0.4, 0.5) is 0 Å². The zero-order valence-electron chi connectivity index (χ0n) is 34.0. The first-order valence-electron chi connectivity index (χ1n) is 20.9. The van der Waals surface area contributed by atoms with Gasteiger partial charge in [-0.2, -0.15) is 0 Å². The number of aromatic nitrogens is 1. The predicted octanol–water partition coefficient (Wildman–Crippen LogP) is 5.17. The number of carbonyl (C=O) groups is 1. The van der Waals surface area contributed by atoms with E-state index in [2.05, 4.69) is 38.5 Å². The number of fused-ring (bicyclic) bond motifs is 3. The first-order valence-corrected chi connectivity index (χ1v) is 20.9. The number of aliphatic imine (C=N–C) groups is 1. The number of rotatable bonds is 12. The average molecular weight is 821 g/mol. The summed E-state index contributed by atoms with van der Waals surface area (Å²) >= 11 is 0. The molecule has 14 heteroatoms. The molecule has 3 aliphatic heterocycles. The zero-order chi connectivity index (χ0) is 42.0. The van der Waals surface area contributed by atoms with E-state index in [0.29, 0.717) is 61.7 Å². The molecule has 0 radical (unpaired) electrons. The monoisotopic (exact) mass is 820 g/mol. The third kappa shape index (κ3) is 11.1. The summed E-state index contributed by atoms with van der Waals surface area (Å²) in [5, 5.41) is 39.1. The second kappa shape index (κ2) is 19.8. The molecule has 4 heterocycles. The van der Waals surface area contributed by atoms with E-state index < -0.39 is 24.3 Å². The fourth-order valence-corrected chi connectivity index (χ4v) is 8.54. The molecule has 4 aliphatic rings. The van der Waals surface area contributed by atoms with Crippen LogP contribution in [0.1, 0.15) is 81.1 Å². The number of aromatic hydroxyl groups is 3. The molecule has 9 N–H and O–H groups in total. The van der Waals surface area contributed by atoms with Crippen molar-refractivity contribution in [3.63, 3.8) is 0 Å². The van der Waals surface area contributed by atoms with E-state index in [9.17, 15) is 20.1 Å². The molecule has 0 amide bonds. The lowest BCUT2D eigenvalue weighted by Crippen LogP contribution is -2.50. The fraction of sp³-hybridized carbons (Fsp3) is 0.457. The Labute approximate surface area is 351 Å². The number of guanidine groups is 1. The summed E-state index contributed by atoms with van der Waals surface area (Å²) in [5.41, 5.74) is 16.0. The van der Waals surface area contributed by atoms with E-state index in [4.69, 9.17) is 30.4 Å². The summed E-state index contributed by atoms with van der Waals surface area (Å²) in [6, 6.07) is 12.2. The van der Waals surface area contributed by atoms with Crippen LogP contribution in [0.15, 0.2) is 83.4 Å². The Morgan fingerprint density at radius 2 is 1.98 bits per heavy atom. The number of nitrogens with zero attached hydrogens (tertiary/aromatic N) is 2. The van der Waals surface area contributed by atoms with E-state index in [0.717, 1.165) is 49.8 Å². The Kier molecular flexibility index (Phi) is 13.9. The number of dihydropyridines is 1. The molecule has 1 saturated heterocycles. The molecule has 1 aliphatic carbocycles. The van der Waals surface area contributed by atoms with Gasteiger partial charge in [-0.15, -0.1) is 5.92 Å². The summed E-state index contributed by atoms with van der Waals surface area (Å²) in [4.78, 5) is 21.1. The van der Waals surface area contributed by atoms with Crippen LogP contribution in [0.3, 0.4) is 0 Å². The fourth-order valence-electron chi connectivity index (χ4n) is 8.54. The maximum Gasteiger partial charge on any atom is 0.302 e. The van der Waals surface area contributed by atoms with Gasteiger partial charge in [0.2, 0.25) is 5.75 Å². The second-order valence-corrected chi connectivity index (χ2v) is 16.0. The average Bonchev–Trinajstić information content (AvgIpc) is 3.25. The molecule has 0 unspecified atom stereocenters. The number of phenols is 3. The van der Waals surface area contributed by atoms with Crippen LogP contribution in [0.5, 0.6) is 28.7 Å². The van der Waals surface area contributed by atoms with Crippen molar-refractivity contribution in [3.8, 4) is 40.6 Å². The van der Waals surface area contributed by atoms with Crippen LogP contribution in [0.25, 0.3) is 0 Å². The topological polar surface area (TPSA) is 216 Å². The van der Waals surface area contributed by atoms with Gasteiger partial charge in [-0.05, 0) is 97.2 Å². The van der Waals surface area contributed by atoms with Crippen LogP contribution in [-0.4, -0.2) is 76.3 Å². The Hall–Kier alpha value is -6.07. The summed E-state index contributed by atoms with van der Waals surface area (Å²) in [5.74, 6) is 7.10. The van der Waals surface area contributed by atoms with Crippen molar-refractivity contribution in [2.24, 2.45) is 28.3 Å². The third-order valence-corrected chi connectivity index (χ3v) is 11.5. The number of ether oxygens (including phenoxy) is 4. The summed E-state index contributed by atoms with van der Waals surface area (Å²) in [6.45, 7) is 2.92. The third-order valence-electron chi connectivity index (χ3n) is 11.5. The Morgan fingerprint density at radius 3 is 2.80 bits per heavy atom. The molecule has 3 aromatic rings. The lowest BCUT2D eigenvalue weighted by Gasteiger charge is -2.39. The number of nitrogens with two attached hydrogens (primary N) is 2. The number of hydrogen-bond donors (Lipinski definition) is 7. The van der Waals surface area contributed by atoms with Gasteiger partial charge < -0.3 is 56.4 Å². The van der Waals surface area contributed by atoms with Crippen molar-refractivity contribution < 1.29 is 39.1 Å². The minimum atomic E-state index is -0.602. The van der Waals surface area contributed by atoms with Crippen LogP contribution < -0.4 is 31.6 Å². The molecule has 7 atom stereocenters. The quantitative estimate of drug-likeness (QED) is 0.0314. The second-order valence-electron chi connectivity index (χ2n) is 16.0. The van der Waals surface area contributed by atoms with Gasteiger partial charge in [0.05, 0.1) is 30.6 Å². The zero-order valence-corrected chi connectivity index (χ0v) is 34.0. The summed E-state index contributed by atoms with van der Waals surface area (Å²) in [7, 11) is 0. The maximum absolute atomic E-state index is 12.3. The molecule has 1 saturated carbocycles. The van der Waals surface area contributed by atoms with Crippen LogP contribution in [0, 0.1) is 23.7 Å². The van der Waals surface area contributed by atoms with Gasteiger partial charge in [0.1, 0.15) is 12.2 Å². The van der Waals surface area contributed by atoms with Crippen LogP contribution >= 0.6 is 0 Å². The van der Waals surface area contributed by atoms with Gasteiger partial charge in [0.25, 0.3) is 0 Å². The lowest BCUT2D eigenvalue weighted by atomic mass is 9.81. The lowest BCUT2D eigenvalue weighted by molar-refractivity contribution is -0.164. The van der Waals surface area contributed by atoms with Gasteiger partial charge in [-0.25, -0.2) is 0 Å². The van der Waals surface area contributed by atoms with Gasteiger partial charge >= 0.3 is 5.97 Å². The standard InChI is InChI=1S/C46H56N6O8/c1-28(53)58-34-25-40(60-41(26-34)33-23-38(55)45(56)43(24-33)57-19-15-30-7-4-16-49-27-30)32-8-2-9-35-36(52-46(48)51-17-5-6-29-14-18-50-44(47)22-29)10-3-11-39(35)59-42-21-31(20-32)12-13-37(42)54/h4,7,12-14,16,21-24,27,32,34-36,39-41,50,54-56H,3,5-6,8,10-11,15,17-20,25-26,47H2,1H3,(H3,48,51,52)/t32-,34+,35-,36-,39+,40+,41-/m0/s1. The van der Waals surface area contributed by atoms with Crippen LogP contribution in [0.2, 0.25) is 0 Å². The van der Waals surface area contributed by atoms with E-state index in [1.165, 1.54) is 18.6 Å². The van der Waals surface area contributed by atoms with E-state index in [1.807, 2.05) is 30.3 Å². The number of phenolic OH excluding ortho intramolecular Hbond substituents is 3. The first-order chi connectivity index (χ1) is 29.1. The predicted molar refractivity (Wildman–Crippen MR) is 226 cm³/mol. The van der Waals surface area contributed by atoms with E-state index in [1.54, 1.807) is 24.5 Å². The van der Waals surface area contributed by atoms with Crippen molar-refractivity contribution in [2.45, 2.75) is 102 Å². The minimum absolute atomic E-state index is 0.0485. The Balaban J connectivity index is 1.10. The largest absolute Gasteiger partial charge is 0.504 e. The number of esters is 1. The molecule has 2 bridgehead atoms. The van der Waals surface area contributed by atoms with Crippen LogP contribution in [-0.2, 0) is 27.1 Å². The molecule has 2 fully saturated rings. The summed E-state index contributed by atoms with van der Waals surface area (Å²) in [6.07, 6.45) is 12.2. The number of carbonyl (C=O) groups excluding carboxylic acids is 1. The molecule has 1 aromatic heterocycles. The smallest absolute Gasteiger partial charge is 0.302 e.